The van der Waals surface area contributed by atoms with Crippen molar-refractivity contribution in [3.63, 3.8) is 0 Å². The smallest absolute Gasteiger partial charge is 0.243 e. The van der Waals surface area contributed by atoms with E-state index in [0.29, 0.717) is 0 Å². The largest absolute Gasteiger partial charge is 0.497 e. The molecule has 0 atom stereocenters. The molecule has 31 heavy (non-hydrogen) atoms. The zero-order chi connectivity index (χ0) is 21.9. The molecule has 0 spiro atoms. The third-order valence-corrected chi connectivity index (χ3v) is 7.03. The number of benzene rings is 1. The highest BCUT2D eigenvalue weighted by molar-refractivity contribution is 5.91. The van der Waals surface area contributed by atoms with Gasteiger partial charge < -0.3 is 19.9 Å². The summed E-state index contributed by atoms with van der Waals surface area (Å²) in [5, 5.41) is 3.01. The predicted molar refractivity (Wildman–Crippen MR) is 128 cm³/mol. The number of nitrogens with one attached hydrogen (secondary N) is 1. The average molecular weight is 428 g/mol. The first-order valence-electron chi connectivity index (χ1n) is 12.2. The van der Waals surface area contributed by atoms with E-state index in [2.05, 4.69) is 22.2 Å². The van der Waals surface area contributed by atoms with Crippen LogP contribution in [0, 0.1) is 0 Å². The first kappa shape index (κ1) is 23.8. The number of piperidine rings is 1. The fourth-order valence-electron chi connectivity index (χ4n) is 4.97. The Balaban J connectivity index is 1.28. The molecule has 1 amide bonds. The van der Waals surface area contributed by atoms with E-state index in [1.54, 1.807) is 13.2 Å². The zero-order valence-electron chi connectivity index (χ0n) is 19.5. The molecule has 172 valence electrons. The van der Waals surface area contributed by atoms with Gasteiger partial charge in [0.2, 0.25) is 5.91 Å². The Morgan fingerprint density at radius 1 is 1.06 bits per heavy atom. The second kappa shape index (κ2) is 12.9. The van der Waals surface area contributed by atoms with Gasteiger partial charge in [-0.15, -0.1) is 0 Å². The van der Waals surface area contributed by atoms with Crippen LogP contribution in [0.4, 0.5) is 0 Å². The summed E-state index contributed by atoms with van der Waals surface area (Å²) in [6, 6.07) is 9.24. The minimum absolute atomic E-state index is 0.0282. The van der Waals surface area contributed by atoms with Gasteiger partial charge in [0.05, 0.1) is 7.11 Å². The molecule has 1 saturated carbocycles. The van der Waals surface area contributed by atoms with Crippen molar-refractivity contribution in [2.24, 2.45) is 0 Å². The number of hydrogen-bond donors (Lipinski definition) is 1. The Hall–Kier alpha value is -1.85. The maximum atomic E-state index is 12.0. The van der Waals surface area contributed by atoms with Crippen LogP contribution in [-0.2, 0) is 4.79 Å². The van der Waals surface area contributed by atoms with E-state index in [0.717, 1.165) is 42.9 Å². The van der Waals surface area contributed by atoms with E-state index in [1.165, 1.54) is 64.5 Å². The topological polar surface area (TPSA) is 44.8 Å². The van der Waals surface area contributed by atoms with Crippen LogP contribution in [0.3, 0.4) is 0 Å². The second-order valence-electron chi connectivity index (χ2n) is 9.13. The predicted octanol–water partition coefficient (Wildman–Crippen LogP) is 4.33. The van der Waals surface area contributed by atoms with Crippen molar-refractivity contribution < 1.29 is 9.53 Å². The van der Waals surface area contributed by atoms with Crippen molar-refractivity contribution in [1.29, 1.82) is 0 Å². The molecule has 2 fully saturated rings. The summed E-state index contributed by atoms with van der Waals surface area (Å²) in [6.45, 7) is 4.18. The summed E-state index contributed by atoms with van der Waals surface area (Å²) in [5.41, 5.74) is 0.993. The molecule has 0 bridgehead atoms. The summed E-state index contributed by atoms with van der Waals surface area (Å²) in [4.78, 5) is 17.3. The number of hydrogen-bond acceptors (Lipinski definition) is 4. The number of methoxy groups -OCH3 is 1. The van der Waals surface area contributed by atoms with E-state index >= 15 is 0 Å². The fraction of sp³-hybridized carbons (Fsp3) is 0.654. The summed E-state index contributed by atoms with van der Waals surface area (Å²) in [5.74, 6) is 0.793. The molecule has 0 aromatic heterocycles. The summed E-state index contributed by atoms with van der Waals surface area (Å²) in [7, 11) is 4.02. The SMILES string of the molecule is COc1ccc(/C=C/C(=O)NCCCN2CCC(N(C)C3CCCCCC3)CC2)cc1. The van der Waals surface area contributed by atoms with E-state index in [-0.39, 0.29) is 5.91 Å². The molecule has 5 heteroatoms. The lowest BCUT2D eigenvalue weighted by Gasteiger charge is -2.40. The van der Waals surface area contributed by atoms with Crippen LogP contribution in [0.1, 0.15) is 63.4 Å². The first-order chi connectivity index (χ1) is 15.2. The normalized spacial score (nSPS) is 19.6. The van der Waals surface area contributed by atoms with Gasteiger partial charge in [-0.3, -0.25) is 4.79 Å². The van der Waals surface area contributed by atoms with Gasteiger partial charge in [-0.1, -0.05) is 37.8 Å². The molecule has 1 aromatic rings. The average Bonchev–Trinajstić information content (AvgIpc) is 3.10. The third kappa shape index (κ3) is 7.97. The Morgan fingerprint density at radius 2 is 1.71 bits per heavy atom. The van der Waals surface area contributed by atoms with Gasteiger partial charge in [0.1, 0.15) is 5.75 Å². The molecule has 3 rings (SSSR count). The maximum Gasteiger partial charge on any atom is 0.243 e. The lowest BCUT2D eigenvalue weighted by Crippen LogP contribution is -2.47. The highest BCUT2D eigenvalue weighted by Crippen LogP contribution is 2.25. The number of ether oxygens (including phenoxy) is 1. The molecule has 1 aliphatic carbocycles. The Bertz CT molecular complexity index is 672. The molecular formula is C26H41N3O2. The Morgan fingerprint density at radius 3 is 2.35 bits per heavy atom. The van der Waals surface area contributed by atoms with E-state index in [1.807, 2.05) is 30.3 Å². The van der Waals surface area contributed by atoms with E-state index in [4.69, 9.17) is 4.74 Å². The fourth-order valence-corrected chi connectivity index (χ4v) is 4.97. The molecule has 1 N–H and O–H groups in total. The Kier molecular flexibility index (Phi) is 9.88. The van der Waals surface area contributed by atoms with Crippen LogP contribution < -0.4 is 10.1 Å². The van der Waals surface area contributed by atoms with Gasteiger partial charge in [-0.25, -0.2) is 0 Å². The molecule has 2 aliphatic rings. The van der Waals surface area contributed by atoms with Crippen molar-refractivity contribution in [2.75, 3.05) is 40.3 Å². The minimum atomic E-state index is -0.0282. The molecule has 1 saturated heterocycles. The van der Waals surface area contributed by atoms with Crippen molar-refractivity contribution in [3.8, 4) is 5.75 Å². The Labute approximate surface area is 188 Å². The van der Waals surface area contributed by atoms with Gasteiger partial charge in [0, 0.05) is 24.7 Å². The van der Waals surface area contributed by atoms with Crippen molar-refractivity contribution in [1.82, 2.24) is 15.1 Å². The molecule has 5 nitrogen and oxygen atoms in total. The number of nitrogens with zero attached hydrogens (tertiary/aromatic N) is 2. The van der Waals surface area contributed by atoms with Crippen LogP contribution in [0.25, 0.3) is 6.08 Å². The molecule has 0 radical (unpaired) electrons. The highest BCUT2D eigenvalue weighted by Gasteiger charge is 2.27. The minimum Gasteiger partial charge on any atom is -0.497 e. The van der Waals surface area contributed by atoms with E-state index in [9.17, 15) is 4.79 Å². The molecule has 1 aromatic carbocycles. The number of rotatable bonds is 9. The zero-order valence-corrected chi connectivity index (χ0v) is 19.5. The lowest BCUT2D eigenvalue weighted by atomic mass is 9.99. The summed E-state index contributed by atoms with van der Waals surface area (Å²) in [6.07, 6.45) is 15.5. The number of likely N-dealkylation sites (tertiary alicyclic amines) is 1. The maximum absolute atomic E-state index is 12.0. The van der Waals surface area contributed by atoms with Crippen molar-refractivity contribution >= 4 is 12.0 Å². The quantitative estimate of drug-likeness (QED) is 0.362. The van der Waals surface area contributed by atoms with E-state index < -0.39 is 0 Å². The van der Waals surface area contributed by atoms with Crippen molar-refractivity contribution in [2.45, 2.75) is 69.9 Å². The molecule has 1 aliphatic heterocycles. The second-order valence-corrected chi connectivity index (χ2v) is 9.13. The van der Waals surface area contributed by atoms with Crippen LogP contribution in [0.5, 0.6) is 5.75 Å². The molecule has 1 heterocycles. The van der Waals surface area contributed by atoms with Crippen LogP contribution >= 0.6 is 0 Å². The van der Waals surface area contributed by atoms with Crippen LogP contribution in [0.2, 0.25) is 0 Å². The molecular weight excluding hydrogens is 386 g/mol. The van der Waals surface area contributed by atoms with Gasteiger partial charge in [-0.2, -0.15) is 0 Å². The van der Waals surface area contributed by atoms with Crippen LogP contribution in [0.15, 0.2) is 30.3 Å². The van der Waals surface area contributed by atoms with Gasteiger partial charge >= 0.3 is 0 Å². The highest BCUT2D eigenvalue weighted by atomic mass is 16.5. The van der Waals surface area contributed by atoms with Crippen LogP contribution in [-0.4, -0.2) is 68.1 Å². The first-order valence-corrected chi connectivity index (χ1v) is 12.2. The lowest BCUT2D eigenvalue weighted by molar-refractivity contribution is -0.116. The monoisotopic (exact) mass is 427 g/mol. The number of carbonyl (C=O) groups excluding carboxylic acids is 1. The summed E-state index contributed by atoms with van der Waals surface area (Å²) < 4.78 is 5.15. The number of carbonyl (C=O) groups is 1. The molecule has 0 unspecified atom stereocenters. The van der Waals surface area contributed by atoms with Gasteiger partial charge in [0.15, 0.2) is 0 Å². The van der Waals surface area contributed by atoms with Crippen molar-refractivity contribution in [3.05, 3.63) is 35.9 Å². The third-order valence-electron chi connectivity index (χ3n) is 7.03. The summed E-state index contributed by atoms with van der Waals surface area (Å²) >= 11 is 0. The standard InChI is InChI=1S/C26H41N3O2/c1-28(23-8-5-3-4-6-9-23)24-16-20-29(21-17-24)19-7-18-27-26(30)15-12-22-10-13-25(31-2)14-11-22/h10-15,23-24H,3-9,16-21H2,1-2H3,(H,27,30)/b15-12+. The number of amides is 1. The van der Waals surface area contributed by atoms with Gasteiger partial charge in [0.25, 0.3) is 0 Å². The van der Waals surface area contributed by atoms with Gasteiger partial charge in [-0.05, 0) is 82.6 Å².